The molecule has 1 fully saturated rings. The zero-order chi connectivity index (χ0) is 22.5. The van der Waals surface area contributed by atoms with Crippen LogP contribution in [0.3, 0.4) is 0 Å². The summed E-state index contributed by atoms with van der Waals surface area (Å²) in [7, 11) is 0. The number of nitro groups is 1. The number of carbonyl (C=O) groups excluding carboxylic acids is 2. The number of aliphatic hydroxyl groups excluding tert-OH is 2. The summed E-state index contributed by atoms with van der Waals surface area (Å²) in [5.74, 6) is -3.13. The van der Waals surface area contributed by atoms with Gasteiger partial charge in [0.1, 0.15) is 11.6 Å². The Balaban J connectivity index is 2.10. The highest BCUT2D eigenvalue weighted by molar-refractivity contribution is 6.46. The van der Waals surface area contributed by atoms with E-state index in [1.807, 2.05) is 0 Å². The molecule has 1 saturated heterocycles. The van der Waals surface area contributed by atoms with Gasteiger partial charge in [0.25, 0.3) is 17.4 Å². The Morgan fingerprint density at radius 1 is 1.16 bits per heavy atom. The van der Waals surface area contributed by atoms with E-state index in [-0.39, 0.29) is 48.8 Å². The molecule has 1 atom stereocenters. The molecule has 1 aliphatic rings. The van der Waals surface area contributed by atoms with Gasteiger partial charge in [-0.1, -0.05) is 24.3 Å². The molecule has 0 saturated carbocycles. The third kappa shape index (κ3) is 4.60. The molecular formula is C21H19FN2O7. The minimum Gasteiger partial charge on any atom is -0.507 e. The van der Waals surface area contributed by atoms with Gasteiger partial charge in [-0.25, -0.2) is 4.39 Å². The number of rotatable bonds is 8. The van der Waals surface area contributed by atoms with Crippen molar-refractivity contribution >= 4 is 23.1 Å². The van der Waals surface area contributed by atoms with Crippen molar-refractivity contribution in [3.05, 3.63) is 81.2 Å². The number of aliphatic hydroxyl groups is 2. The number of likely N-dealkylation sites (tertiary alicyclic amines) is 1. The lowest BCUT2D eigenvalue weighted by Crippen LogP contribution is -2.33. The third-order valence-corrected chi connectivity index (χ3v) is 4.75. The first-order valence-corrected chi connectivity index (χ1v) is 9.32. The fourth-order valence-corrected chi connectivity index (χ4v) is 3.39. The Labute approximate surface area is 176 Å². The number of ether oxygens (including phenoxy) is 1. The van der Waals surface area contributed by atoms with Gasteiger partial charge >= 0.3 is 0 Å². The van der Waals surface area contributed by atoms with Crippen LogP contribution in [0.2, 0.25) is 0 Å². The normalized spacial score (nSPS) is 17.9. The first kappa shape index (κ1) is 22.1. The van der Waals surface area contributed by atoms with Crippen LogP contribution in [0.15, 0.2) is 54.1 Å². The van der Waals surface area contributed by atoms with Crippen molar-refractivity contribution < 1.29 is 33.9 Å². The van der Waals surface area contributed by atoms with Crippen molar-refractivity contribution in [2.45, 2.75) is 6.04 Å². The van der Waals surface area contributed by atoms with Gasteiger partial charge in [-0.2, -0.15) is 0 Å². The molecule has 2 aromatic carbocycles. The van der Waals surface area contributed by atoms with Crippen molar-refractivity contribution in [2.24, 2.45) is 0 Å². The van der Waals surface area contributed by atoms with Gasteiger partial charge in [0, 0.05) is 24.2 Å². The van der Waals surface area contributed by atoms with Crippen molar-refractivity contribution in [2.75, 3.05) is 26.4 Å². The lowest BCUT2D eigenvalue weighted by Gasteiger charge is -2.25. The van der Waals surface area contributed by atoms with E-state index < -0.39 is 34.2 Å². The smallest absolute Gasteiger partial charge is 0.295 e. The maximum Gasteiger partial charge on any atom is 0.295 e. The number of non-ortho nitro benzene ring substituents is 1. The number of benzene rings is 2. The van der Waals surface area contributed by atoms with E-state index in [0.29, 0.717) is 0 Å². The number of nitro benzene ring substituents is 1. The minimum atomic E-state index is -1.12. The molecule has 1 amide bonds. The van der Waals surface area contributed by atoms with Crippen LogP contribution in [0.1, 0.15) is 17.2 Å². The Bertz CT molecular complexity index is 1050. The predicted molar refractivity (Wildman–Crippen MR) is 106 cm³/mol. The summed E-state index contributed by atoms with van der Waals surface area (Å²) in [6.07, 6.45) is 0. The van der Waals surface area contributed by atoms with Crippen LogP contribution >= 0.6 is 0 Å². The Morgan fingerprint density at radius 2 is 1.90 bits per heavy atom. The Hall–Kier alpha value is -3.63. The fraction of sp³-hybridized carbons (Fsp3) is 0.238. The number of ketones is 1. The number of halogens is 1. The molecule has 0 unspecified atom stereocenters. The molecule has 0 aromatic heterocycles. The maximum absolute atomic E-state index is 13.9. The Kier molecular flexibility index (Phi) is 6.73. The Morgan fingerprint density at radius 3 is 2.58 bits per heavy atom. The molecule has 0 radical (unpaired) electrons. The van der Waals surface area contributed by atoms with Gasteiger partial charge in [-0.3, -0.25) is 19.7 Å². The highest BCUT2D eigenvalue weighted by Gasteiger charge is 2.46. The summed E-state index contributed by atoms with van der Waals surface area (Å²) < 4.78 is 19.1. The van der Waals surface area contributed by atoms with Crippen LogP contribution in [0, 0.1) is 15.9 Å². The molecule has 0 bridgehead atoms. The highest BCUT2D eigenvalue weighted by Crippen LogP contribution is 2.39. The molecule has 10 heteroatoms. The van der Waals surface area contributed by atoms with Gasteiger partial charge in [0.2, 0.25) is 0 Å². The van der Waals surface area contributed by atoms with Crippen molar-refractivity contribution in [1.29, 1.82) is 0 Å². The first-order valence-electron chi connectivity index (χ1n) is 9.32. The molecule has 31 heavy (non-hydrogen) atoms. The molecule has 1 heterocycles. The van der Waals surface area contributed by atoms with Gasteiger partial charge in [0.15, 0.2) is 0 Å². The molecular weight excluding hydrogens is 411 g/mol. The lowest BCUT2D eigenvalue weighted by atomic mass is 9.95. The van der Waals surface area contributed by atoms with Crippen LogP contribution in [0.5, 0.6) is 0 Å². The molecule has 9 nitrogen and oxygen atoms in total. The van der Waals surface area contributed by atoms with Crippen molar-refractivity contribution in [3.63, 3.8) is 0 Å². The number of carbonyl (C=O) groups is 2. The molecule has 2 N–H and O–H groups in total. The summed E-state index contributed by atoms with van der Waals surface area (Å²) in [4.78, 5) is 37.0. The molecule has 1 aliphatic heterocycles. The number of hydrogen-bond donors (Lipinski definition) is 2. The molecule has 2 aromatic rings. The third-order valence-electron chi connectivity index (χ3n) is 4.75. The van der Waals surface area contributed by atoms with Gasteiger partial charge in [-0.05, 0) is 17.7 Å². The van der Waals surface area contributed by atoms with E-state index in [0.717, 1.165) is 17.0 Å². The van der Waals surface area contributed by atoms with Gasteiger partial charge < -0.3 is 19.8 Å². The summed E-state index contributed by atoms with van der Waals surface area (Å²) in [5.41, 5.74) is -0.394. The summed E-state index contributed by atoms with van der Waals surface area (Å²) in [5, 5.41) is 30.7. The van der Waals surface area contributed by atoms with Crippen LogP contribution in [0.4, 0.5) is 10.1 Å². The number of amides is 1. The summed E-state index contributed by atoms with van der Waals surface area (Å²) in [6, 6.07) is 9.12. The molecule has 3 rings (SSSR count). The average molecular weight is 430 g/mol. The van der Waals surface area contributed by atoms with Gasteiger partial charge in [-0.15, -0.1) is 0 Å². The van der Waals surface area contributed by atoms with Crippen molar-refractivity contribution in [1.82, 2.24) is 4.90 Å². The molecule has 0 aliphatic carbocycles. The quantitative estimate of drug-likeness (QED) is 0.164. The largest absolute Gasteiger partial charge is 0.507 e. The van der Waals surface area contributed by atoms with E-state index in [4.69, 9.17) is 9.84 Å². The van der Waals surface area contributed by atoms with E-state index in [1.54, 1.807) is 0 Å². The maximum atomic E-state index is 13.9. The highest BCUT2D eigenvalue weighted by atomic mass is 19.1. The van der Waals surface area contributed by atoms with Crippen LogP contribution < -0.4 is 0 Å². The van der Waals surface area contributed by atoms with E-state index in [1.165, 1.54) is 36.4 Å². The first-order chi connectivity index (χ1) is 14.8. The number of nitrogens with zero attached hydrogens (tertiary/aromatic N) is 2. The van der Waals surface area contributed by atoms with Crippen LogP contribution in [0.25, 0.3) is 5.76 Å². The fourth-order valence-electron chi connectivity index (χ4n) is 3.39. The monoisotopic (exact) mass is 430 g/mol. The zero-order valence-corrected chi connectivity index (χ0v) is 16.2. The summed E-state index contributed by atoms with van der Waals surface area (Å²) >= 11 is 0. The van der Waals surface area contributed by atoms with E-state index in [2.05, 4.69) is 0 Å². The van der Waals surface area contributed by atoms with E-state index in [9.17, 15) is 29.2 Å². The lowest BCUT2D eigenvalue weighted by molar-refractivity contribution is -0.384. The summed E-state index contributed by atoms with van der Waals surface area (Å²) in [6.45, 7) is -0.255. The number of hydrogen-bond acceptors (Lipinski definition) is 7. The van der Waals surface area contributed by atoms with Gasteiger partial charge in [0.05, 0.1) is 36.4 Å². The SMILES string of the molecule is O=C1C(=O)N(CCOCCO)[C@@H](c2cccc(F)c2)/C1=C(\O)c1cccc([N+](=O)[O-])c1. The second-order valence-corrected chi connectivity index (χ2v) is 6.69. The molecule has 0 spiro atoms. The second kappa shape index (κ2) is 9.45. The van der Waals surface area contributed by atoms with E-state index >= 15 is 0 Å². The van der Waals surface area contributed by atoms with Crippen molar-refractivity contribution in [3.8, 4) is 0 Å². The zero-order valence-electron chi connectivity index (χ0n) is 16.2. The predicted octanol–water partition coefficient (Wildman–Crippen LogP) is 2.16. The minimum absolute atomic E-state index is 0.00372. The standard InChI is InChI=1S/C21H19FN2O7/c22-15-5-1-3-13(11-15)18-17(19(26)14-4-2-6-16(12-14)24(29)30)20(27)21(28)23(18)7-9-31-10-8-25/h1-6,11-12,18,25-26H,7-10H2/b19-17+/t18-/m0/s1. The second-order valence-electron chi connectivity index (χ2n) is 6.69. The molecule has 162 valence electrons. The number of Topliss-reactive ketones (excluding diaryl/α,β-unsaturated/α-hetero) is 1. The average Bonchev–Trinajstić information content (AvgIpc) is 3.01. The van der Waals surface area contributed by atoms with Crippen LogP contribution in [-0.2, 0) is 14.3 Å². The topological polar surface area (TPSA) is 130 Å². The van der Waals surface area contributed by atoms with Crippen LogP contribution in [-0.4, -0.2) is 58.1 Å².